The molecule has 7 heteroatoms. The topological polar surface area (TPSA) is 102 Å². The van der Waals surface area contributed by atoms with Gasteiger partial charge in [0.05, 0.1) is 13.1 Å². The van der Waals surface area contributed by atoms with Crippen molar-refractivity contribution in [3.05, 3.63) is 47.7 Å². The number of carbonyl (C=O) groups excluding carboxylic acids is 3. The Hall–Kier alpha value is -2.83. The highest BCUT2D eigenvalue weighted by atomic mass is 16.5. The van der Waals surface area contributed by atoms with E-state index in [0.717, 1.165) is 5.56 Å². The Labute approximate surface area is 127 Å². The Kier molecular flexibility index (Phi) is 5.13. The fourth-order valence-corrected chi connectivity index (χ4v) is 1.93. The lowest BCUT2D eigenvalue weighted by molar-refractivity contribution is -0.131. The first-order chi connectivity index (χ1) is 10.5. The number of rotatable bonds is 7. The van der Waals surface area contributed by atoms with Gasteiger partial charge in [-0.3, -0.25) is 14.4 Å². The third kappa shape index (κ3) is 4.62. The van der Waals surface area contributed by atoms with Crippen LogP contribution in [0, 0.1) is 0 Å². The lowest BCUT2D eigenvalue weighted by Gasteiger charge is -2.16. The number of hydrogen-bond donors (Lipinski definition) is 2. The summed E-state index contributed by atoms with van der Waals surface area (Å²) >= 11 is 0. The van der Waals surface area contributed by atoms with E-state index in [4.69, 9.17) is 10.5 Å². The molecule has 0 saturated carbocycles. The summed E-state index contributed by atoms with van der Waals surface area (Å²) in [5.74, 6) is -0.857. The Bertz CT molecular complexity index is 598. The molecule has 2 rings (SSSR count). The van der Waals surface area contributed by atoms with E-state index in [0.29, 0.717) is 12.4 Å². The molecule has 1 aliphatic rings. The third-order valence-corrected chi connectivity index (χ3v) is 3.00. The Balaban J connectivity index is 1.78. The van der Waals surface area contributed by atoms with Crippen molar-refractivity contribution in [2.24, 2.45) is 5.73 Å². The predicted molar refractivity (Wildman–Crippen MR) is 78.1 cm³/mol. The van der Waals surface area contributed by atoms with Crippen LogP contribution in [0.15, 0.2) is 42.2 Å². The van der Waals surface area contributed by atoms with Crippen molar-refractivity contribution in [2.45, 2.75) is 6.61 Å². The average molecular weight is 303 g/mol. The maximum Gasteiger partial charge on any atom is 0.250 e. The monoisotopic (exact) mass is 303 g/mol. The molecule has 0 spiro atoms. The number of nitrogens with zero attached hydrogens (tertiary/aromatic N) is 1. The summed E-state index contributed by atoms with van der Waals surface area (Å²) < 4.78 is 5.56. The molecule has 116 valence electrons. The van der Waals surface area contributed by atoms with Crippen molar-refractivity contribution < 1.29 is 19.1 Å². The van der Waals surface area contributed by atoms with Gasteiger partial charge in [-0.1, -0.05) is 30.3 Å². The molecule has 3 N–H and O–H groups in total. The van der Waals surface area contributed by atoms with Gasteiger partial charge in [0.1, 0.15) is 18.9 Å². The van der Waals surface area contributed by atoms with Crippen LogP contribution in [0.3, 0.4) is 0 Å². The van der Waals surface area contributed by atoms with E-state index in [1.54, 1.807) is 0 Å². The molecule has 1 heterocycles. The molecule has 1 aromatic rings. The molecule has 1 aromatic carbocycles. The Morgan fingerprint density at radius 1 is 1.27 bits per heavy atom. The van der Waals surface area contributed by atoms with Crippen LogP contribution in [-0.4, -0.2) is 42.3 Å². The third-order valence-electron chi connectivity index (χ3n) is 3.00. The molecule has 7 nitrogen and oxygen atoms in total. The second-order valence-electron chi connectivity index (χ2n) is 4.82. The average Bonchev–Trinajstić information content (AvgIpc) is 2.84. The van der Waals surface area contributed by atoms with Crippen molar-refractivity contribution in [1.29, 1.82) is 0 Å². The number of hydrogen-bond acceptors (Lipinski definition) is 4. The van der Waals surface area contributed by atoms with Crippen molar-refractivity contribution in [2.75, 3.05) is 19.6 Å². The van der Waals surface area contributed by atoms with Crippen LogP contribution < -0.4 is 11.1 Å². The number of amides is 3. The zero-order valence-electron chi connectivity index (χ0n) is 12.0. The zero-order valence-corrected chi connectivity index (χ0v) is 12.0. The minimum Gasteiger partial charge on any atom is -0.491 e. The van der Waals surface area contributed by atoms with E-state index in [1.165, 1.54) is 11.0 Å². The van der Waals surface area contributed by atoms with E-state index >= 15 is 0 Å². The minimum absolute atomic E-state index is 0.138. The molecule has 0 atom stereocenters. The molecule has 0 fully saturated rings. The molecule has 0 bridgehead atoms. The first-order valence-electron chi connectivity index (χ1n) is 6.76. The molecule has 3 amide bonds. The van der Waals surface area contributed by atoms with Gasteiger partial charge < -0.3 is 20.7 Å². The number of nitrogens with one attached hydrogen (secondary N) is 1. The molecule has 0 aliphatic carbocycles. The molecule has 0 aromatic heterocycles. The van der Waals surface area contributed by atoms with Gasteiger partial charge in [0.2, 0.25) is 11.8 Å². The van der Waals surface area contributed by atoms with E-state index in [-0.39, 0.29) is 25.5 Å². The summed E-state index contributed by atoms with van der Waals surface area (Å²) in [6.45, 7) is 0.212. The lowest BCUT2D eigenvalue weighted by Crippen LogP contribution is -2.41. The van der Waals surface area contributed by atoms with Crippen LogP contribution in [0.4, 0.5) is 0 Å². The second kappa shape index (κ2) is 7.26. The molecule has 0 unspecified atom stereocenters. The molecular weight excluding hydrogens is 286 g/mol. The summed E-state index contributed by atoms with van der Waals surface area (Å²) in [5.41, 5.74) is 5.92. The Morgan fingerprint density at radius 3 is 2.68 bits per heavy atom. The number of benzene rings is 1. The SMILES string of the molecule is NC(=O)CNC(=O)CN1CC(OCc2ccccc2)=CC1=O. The smallest absolute Gasteiger partial charge is 0.250 e. The molecule has 1 aliphatic heterocycles. The standard InChI is InChI=1S/C15H17N3O4/c16-13(19)7-17-14(20)9-18-8-12(6-15(18)21)22-10-11-4-2-1-3-5-11/h1-6H,7-10H2,(H2,16,19)(H,17,20). The highest BCUT2D eigenvalue weighted by molar-refractivity contribution is 5.94. The normalized spacial score (nSPS) is 13.7. The first kappa shape index (κ1) is 15.6. The van der Waals surface area contributed by atoms with Gasteiger partial charge in [-0.2, -0.15) is 0 Å². The van der Waals surface area contributed by atoms with Gasteiger partial charge >= 0.3 is 0 Å². The molecular formula is C15H17N3O4. The molecule has 22 heavy (non-hydrogen) atoms. The number of nitrogens with two attached hydrogens (primary N) is 1. The molecule has 0 radical (unpaired) electrons. The van der Waals surface area contributed by atoms with Crippen LogP contribution in [0.25, 0.3) is 0 Å². The summed E-state index contributed by atoms with van der Waals surface area (Å²) in [6.07, 6.45) is 1.37. The van der Waals surface area contributed by atoms with Gasteiger partial charge in [0, 0.05) is 6.08 Å². The number of primary amides is 1. The quantitative estimate of drug-likeness (QED) is 0.711. The second-order valence-corrected chi connectivity index (χ2v) is 4.82. The number of carbonyl (C=O) groups is 3. The summed E-state index contributed by atoms with van der Waals surface area (Å²) in [5, 5.41) is 2.33. The van der Waals surface area contributed by atoms with E-state index in [9.17, 15) is 14.4 Å². The summed E-state index contributed by atoms with van der Waals surface area (Å²) in [6, 6.07) is 9.57. The fourth-order valence-electron chi connectivity index (χ4n) is 1.93. The van der Waals surface area contributed by atoms with Crippen LogP contribution in [-0.2, 0) is 25.7 Å². The van der Waals surface area contributed by atoms with Crippen LogP contribution in [0.1, 0.15) is 5.56 Å². The predicted octanol–water partition coefficient (Wildman–Crippen LogP) is -0.469. The van der Waals surface area contributed by atoms with E-state index < -0.39 is 11.8 Å². The number of ether oxygens (including phenoxy) is 1. The van der Waals surface area contributed by atoms with Gasteiger partial charge in [-0.25, -0.2) is 0 Å². The summed E-state index contributed by atoms with van der Waals surface area (Å²) in [7, 11) is 0. The fraction of sp³-hybridized carbons (Fsp3) is 0.267. The van der Waals surface area contributed by atoms with Gasteiger partial charge in [0.25, 0.3) is 5.91 Å². The lowest BCUT2D eigenvalue weighted by atomic mass is 10.2. The minimum atomic E-state index is -0.633. The summed E-state index contributed by atoms with van der Waals surface area (Å²) in [4.78, 5) is 35.2. The zero-order chi connectivity index (χ0) is 15.9. The first-order valence-corrected chi connectivity index (χ1v) is 6.76. The van der Waals surface area contributed by atoms with Crippen LogP contribution >= 0.6 is 0 Å². The van der Waals surface area contributed by atoms with Crippen molar-refractivity contribution in [1.82, 2.24) is 10.2 Å². The maximum absolute atomic E-state index is 11.8. The van der Waals surface area contributed by atoms with Gasteiger partial charge in [-0.05, 0) is 5.56 Å². The van der Waals surface area contributed by atoms with Crippen molar-refractivity contribution in [3.63, 3.8) is 0 Å². The largest absolute Gasteiger partial charge is 0.491 e. The van der Waals surface area contributed by atoms with E-state index in [2.05, 4.69) is 5.32 Å². The molecule has 0 saturated heterocycles. The van der Waals surface area contributed by atoms with E-state index in [1.807, 2.05) is 30.3 Å². The highest BCUT2D eigenvalue weighted by Crippen LogP contribution is 2.14. The maximum atomic E-state index is 11.8. The van der Waals surface area contributed by atoms with Gasteiger partial charge in [-0.15, -0.1) is 0 Å². The van der Waals surface area contributed by atoms with Gasteiger partial charge in [0.15, 0.2) is 0 Å². The van der Waals surface area contributed by atoms with Crippen LogP contribution in [0.5, 0.6) is 0 Å². The van der Waals surface area contributed by atoms with Crippen molar-refractivity contribution in [3.8, 4) is 0 Å². The Morgan fingerprint density at radius 2 is 2.00 bits per heavy atom. The van der Waals surface area contributed by atoms with Crippen LogP contribution in [0.2, 0.25) is 0 Å². The highest BCUT2D eigenvalue weighted by Gasteiger charge is 2.24. The van der Waals surface area contributed by atoms with Crippen molar-refractivity contribution >= 4 is 17.7 Å².